The molecule has 0 radical (unpaired) electrons. The lowest BCUT2D eigenvalue weighted by Gasteiger charge is -2.32. The van der Waals surface area contributed by atoms with Crippen molar-refractivity contribution >= 4 is 5.91 Å². The van der Waals surface area contributed by atoms with E-state index in [2.05, 4.69) is 22.1 Å². The molecule has 1 unspecified atom stereocenters. The van der Waals surface area contributed by atoms with Crippen molar-refractivity contribution < 1.29 is 9.53 Å². The SMILES string of the molecule is Cc1nccc(OC2CCCN(C(=O)CCc3ccccc3)C2)n1. The highest BCUT2D eigenvalue weighted by atomic mass is 16.5. The van der Waals surface area contributed by atoms with Crippen molar-refractivity contribution in [2.45, 2.75) is 38.7 Å². The van der Waals surface area contributed by atoms with Gasteiger partial charge in [-0.2, -0.15) is 4.98 Å². The summed E-state index contributed by atoms with van der Waals surface area (Å²) in [7, 11) is 0. The van der Waals surface area contributed by atoms with E-state index in [1.165, 1.54) is 5.56 Å². The van der Waals surface area contributed by atoms with Gasteiger partial charge in [-0.25, -0.2) is 4.98 Å². The normalized spacial score (nSPS) is 17.5. The highest BCUT2D eigenvalue weighted by Crippen LogP contribution is 2.17. The number of carbonyl (C=O) groups excluding carboxylic acids is 1. The Bertz CT molecular complexity index is 675. The number of amides is 1. The molecule has 24 heavy (non-hydrogen) atoms. The number of hydrogen-bond donors (Lipinski definition) is 0. The Kier molecular flexibility index (Phi) is 5.41. The molecule has 0 aliphatic carbocycles. The van der Waals surface area contributed by atoms with Crippen LogP contribution in [0.1, 0.15) is 30.7 Å². The van der Waals surface area contributed by atoms with Crippen LogP contribution in [0, 0.1) is 6.92 Å². The summed E-state index contributed by atoms with van der Waals surface area (Å²) in [5.74, 6) is 1.48. The minimum atomic E-state index is 0.00808. The maximum absolute atomic E-state index is 12.5. The molecule has 1 atom stereocenters. The zero-order valence-corrected chi connectivity index (χ0v) is 14.0. The van der Waals surface area contributed by atoms with Gasteiger partial charge in [-0.3, -0.25) is 4.79 Å². The number of aromatic nitrogens is 2. The third-order valence-electron chi connectivity index (χ3n) is 4.24. The van der Waals surface area contributed by atoms with E-state index in [4.69, 9.17) is 4.74 Å². The fourth-order valence-electron chi connectivity index (χ4n) is 2.99. The largest absolute Gasteiger partial charge is 0.472 e. The van der Waals surface area contributed by atoms with Gasteiger partial charge in [-0.05, 0) is 31.7 Å². The molecule has 5 heteroatoms. The quantitative estimate of drug-likeness (QED) is 0.848. The van der Waals surface area contributed by atoms with Gasteiger partial charge in [0.25, 0.3) is 0 Å². The van der Waals surface area contributed by atoms with Crippen molar-refractivity contribution in [1.29, 1.82) is 0 Å². The van der Waals surface area contributed by atoms with E-state index in [1.807, 2.05) is 30.0 Å². The Morgan fingerprint density at radius 3 is 2.92 bits per heavy atom. The lowest BCUT2D eigenvalue weighted by atomic mass is 10.1. The lowest BCUT2D eigenvalue weighted by Crippen LogP contribution is -2.44. The third kappa shape index (κ3) is 4.54. The molecule has 0 N–H and O–H groups in total. The summed E-state index contributed by atoms with van der Waals surface area (Å²) < 4.78 is 5.93. The summed E-state index contributed by atoms with van der Waals surface area (Å²) in [6.45, 7) is 3.29. The highest BCUT2D eigenvalue weighted by Gasteiger charge is 2.25. The fraction of sp³-hybridized carbons (Fsp3) is 0.421. The number of aryl methyl sites for hydroxylation is 2. The molecule has 1 aliphatic rings. The first-order valence-electron chi connectivity index (χ1n) is 8.49. The minimum absolute atomic E-state index is 0.00808. The van der Waals surface area contributed by atoms with Crippen molar-refractivity contribution in [3.05, 3.63) is 54.0 Å². The molecular weight excluding hydrogens is 302 g/mol. The van der Waals surface area contributed by atoms with Crippen LogP contribution in [0.3, 0.4) is 0 Å². The van der Waals surface area contributed by atoms with Crippen LogP contribution in [0.4, 0.5) is 0 Å². The van der Waals surface area contributed by atoms with Gasteiger partial charge < -0.3 is 9.64 Å². The Morgan fingerprint density at radius 2 is 2.12 bits per heavy atom. The molecule has 2 heterocycles. The van der Waals surface area contributed by atoms with E-state index >= 15 is 0 Å². The van der Waals surface area contributed by atoms with Crippen LogP contribution >= 0.6 is 0 Å². The Hall–Kier alpha value is -2.43. The zero-order valence-electron chi connectivity index (χ0n) is 14.0. The molecule has 1 fully saturated rings. The molecule has 1 aromatic heterocycles. The minimum Gasteiger partial charge on any atom is -0.472 e. The fourth-order valence-corrected chi connectivity index (χ4v) is 2.99. The van der Waals surface area contributed by atoms with Crippen molar-refractivity contribution in [3.8, 4) is 5.88 Å². The van der Waals surface area contributed by atoms with Crippen LogP contribution in [0.2, 0.25) is 0 Å². The summed E-state index contributed by atoms with van der Waals surface area (Å²) in [4.78, 5) is 22.7. The van der Waals surface area contributed by atoms with Crippen LogP contribution in [-0.4, -0.2) is 40.0 Å². The first-order valence-corrected chi connectivity index (χ1v) is 8.49. The number of hydrogen-bond acceptors (Lipinski definition) is 4. The summed E-state index contributed by atoms with van der Waals surface area (Å²) in [6.07, 6.45) is 4.95. The van der Waals surface area contributed by atoms with Crippen LogP contribution in [0.5, 0.6) is 5.88 Å². The third-order valence-corrected chi connectivity index (χ3v) is 4.24. The predicted molar refractivity (Wildman–Crippen MR) is 91.8 cm³/mol. The molecule has 126 valence electrons. The van der Waals surface area contributed by atoms with Crippen molar-refractivity contribution in [1.82, 2.24) is 14.9 Å². The predicted octanol–water partition coefficient (Wildman–Crippen LogP) is 2.79. The maximum atomic E-state index is 12.5. The first-order chi connectivity index (χ1) is 11.7. The summed E-state index contributed by atoms with van der Waals surface area (Å²) in [5.41, 5.74) is 1.20. The van der Waals surface area contributed by atoms with E-state index in [-0.39, 0.29) is 12.0 Å². The van der Waals surface area contributed by atoms with Crippen LogP contribution < -0.4 is 4.74 Å². The van der Waals surface area contributed by atoms with Crippen LogP contribution in [0.15, 0.2) is 42.6 Å². The summed E-state index contributed by atoms with van der Waals surface area (Å²) in [5, 5.41) is 0. The Labute approximate surface area is 142 Å². The van der Waals surface area contributed by atoms with E-state index in [0.717, 1.165) is 25.8 Å². The molecule has 0 spiro atoms. The van der Waals surface area contributed by atoms with Gasteiger partial charge in [-0.1, -0.05) is 30.3 Å². The average Bonchev–Trinajstić information content (AvgIpc) is 2.61. The van der Waals surface area contributed by atoms with E-state index < -0.39 is 0 Å². The lowest BCUT2D eigenvalue weighted by molar-refractivity contribution is -0.133. The number of ether oxygens (including phenoxy) is 1. The van der Waals surface area contributed by atoms with Gasteiger partial charge in [0, 0.05) is 25.2 Å². The molecule has 1 aliphatic heterocycles. The van der Waals surface area contributed by atoms with E-state index in [9.17, 15) is 4.79 Å². The number of piperidine rings is 1. The second kappa shape index (κ2) is 7.90. The summed E-state index contributed by atoms with van der Waals surface area (Å²) >= 11 is 0. The number of likely N-dealkylation sites (tertiary alicyclic amines) is 1. The molecule has 0 saturated carbocycles. The molecule has 0 bridgehead atoms. The Morgan fingerprint density at radius 1 is 1.29 bits per heavy atom. The van der Waals surface area contributed by atoms with Gasteiger partial charge in [0.15, 0.2) is 0 Å². The van der Waals surface area contributed by atoms with E-state index in [1.54, 1.807) is 12.3 Å². The van der Waals surface area contributed by atoms with Gasteiger partial charge in [0.2, 0.25) is 11.8 Å². The number of carbonyl (C=O) groups is 1. The molecule has 1 amide bonds. The standard InChI is InChI=1S/C19H23N3O2/c1-15-20-12-11-18(21-15)24-17-8-5-13-22(14-17)19(23)10-9-16-6-3-2-4-7-16/h2-4,6-7,11-12,17H,5,8-10,13-14H2,1H3. The molecular formula is C19H23N3O2. The molecule has 3 rings (SSSR count). The smallest absolute Gasteiger partial charge is 0.223 e. The number of rotatable bonds is 5. The van der Waals surface area contributed by atoms with Gasteiger partial charge in [-0.15, -0.1) is 0 Å². The van der Waals surface area contributed by atoms with Gasteiger partial charge in [0.05, 0.1) is 6.54 Å². The molecule has 5 nitrogen and oxygen atoms in total. The first kappa shape index (κ1) is 16.4. The highest BCUT2D eigenvalue weighted by molar-refractivity contribution is 5.76. The van der Waals surface area contributed by atoms with Crippen molar-refractivity contribution in [2.24, 2.45) is 0 Å². The second-order valence-corrected chi connectivity index (χ2v) is 6.15. The van der Waals surface area contributed by atoms with Crippen LogP contribution in [-0.2, 0) is 11.2 Å². The maximum Gasteiger partial charge on any atom is 0.223 e. The van der Waals surface area contributed by atoms with Gasteiger partial charge >= 0.3 is 0 Å². The number of nitrogens with zero attached hydrogens (tertiary/aromatic N) is 3. The second-order valence-electron chi connectivity index (χ2n) is 6.15. The van der Waals surface area contributed by atoms with Crippen molar-refractivity contribution in [3.63, 3.8) is 0 Å². The van der Waals surface area contributed by atoms with Crippen molar-refractivity contribution in [2.75, 3.05) is 13.1 Å². The molecule has 2 aromatic rings. The zero-order chi connectivity index (χ0) is 16.8. The molecule has 1 saturated heterocycles. The Balaban J connectivity index is 1.52. The van der Waals surface area contributed by atoms with Gasteiger partial charge in [0.1, 0.15) is 11.9 Å². The topological polar surface area (TPSA) is 55.3 Å². The van der Waals surface area contributed by atoms with Crippen LogP contribution in [0.25, 0.3) is 0 Å². The number of benzene rings is 1. The summed E-state index contributed by atoms with van der Waals surface area (Å²) in [6, 6.07) is 11.9. The average molecular weight is 325 g/mol. The monoisotopic (exact) mass is 325 g/mol. The van der Waals surface area contributed by atoms with E-state index in [0.29, 0.717) is 24.7 Å². The molecule has 1 aromatic carbocycles.